The molecule has 0 aliphatic rings. The van der Waals surface area contributed by atoms with Gasteiger partial charge in [-0.25, -0.2) is 0 Å². The highest BCUT2D eigenvalue weighted by Gasteiger charge is 1.99. The van der Waals surface area contributed by atoms with Crippen LogP contribution in [0.1, 0.15) is 110 Å². The summed E-state index contributed by atoms with van der Waals surface area (Å²) in [4.78, 5) is 0. The Balaban J connectivity index is 2.98. The number of aliphatic hydroxyl groups is 1. The summed E-state index contributed by atoms with van der Waals surface area (Å²) >= 11 is 0. The Morgan fingerprint density at radius 2 is 1.04 bits per heavy atom. The Morgan fingerprint density at radius 3 is 1.42 bits per heavy atom. The summed E-state index contributed by atoms with van der Waals surface area (Å²) in [7, 11) is 0. The van der Waals surface area contributed by atoms with Crippen LogP contribution in [0.4, 0.5) is 0 Å². The molecule has 0 spiro atoms. The van der Waals surface area contributed by atoms with E-state index in [4.69, 9.17) is 15.6 Å². The normalized spacial score (nSPS) is 12.6. The second-order valence-electron chi connectivity index (χ2n) is 7.32. The van der Waals surface area contributed by atoms with Crippen LogP contribution in [0.15, 0.2) is 0 Å². The van der Waals surface area contributed by atoms with Crippen LogP contribution in [0.25, 0.3) is 0 Å². The van der Waals surface area contributed by atoms with E-state index in [0.717, 1.165) is 13.0 Å². The van der Waals surface area contributed by atoms with E-state index < -0.39 is 0 Å². The molecule has 0 aliphatic carbocycles. The van der Waals surface area contributed by atoms with Gasteiger partial charge >= 0.3 is 0 Å². The maximum absolute atomic E-state index is 8.77. The summed E-state index contributed by atoms with van der Waals surface area (Å²) in [6.07, 6.45) is 22.2. The first kappa shape index (κ1) is 23.9. The summed E-state index contributed by atoms with van der Waals surface area (Å²) in [6.45, 7) is 3.56. The van der Waals surface area contributed by atoms with Crippen molar-refractivity contribution in [3.63, 3.8) is 0 Å². The van der Waals surface area contributed by atoms with Gasteiger partial charge in [0, 0.05) is 6.61 Å². The molecule has 24 heavy (non-hydrogen) atoms. The van der Waals surface area contributed by atoms with Gasteiger partial charge in [-0.15, -0.1) is 0 Å². The Bertz CT molecular complexity index is 224. The van der Waals surface area contributed by atoms with Gasteiger partial charge in [0.1, 0.15) is 0 Å². The van der Waals surface area contributed by atoms with Gasteiger partial charge in [0.05, 0.1) is 19.3 Å². The molecule has 0 radical (unpaired) electrons. The van der Waals surface area contributed by atoms with Gasteiger partial charge in [-0.05, 0) is 6.42 Å². The third-order valence-corrected chi connectivity index (χ3v) is 4.71. The fraction of sp³-hybridized carbons (Fsp3) is 1.00. The molecule has 0 aromatic heterocycles. The molecule has 0 amide bonds. The third-order valence-electron chi connectivity index (χ3n) is 4.71. The van der Waals surface area contributed by atoms with E-state index >= 15 is 0 Å². The van der Waals surface area contributed by atoms with E-state index in [9.17, 15) is 0 Å². The lowest BCUT2D eigenvalue weighted by atomic mass is 10.0. The Kier molecular flexibility index (Phi) is 20.8. The van der Waals surface area contributed by atoms with Gasteiger partial charge < -0.3 is 15.6 Å². The molecular weight excluding hydrogens is 298 g/mol. The van der Waals surface area contributed by atoms with Crippen molar-refractivity contribution in [1.82, 2.24) is 0 Å². The van der Waals surface area contributed by atoms with Gasteiger partial charge in [0.15, 0.2) is 0 Å². The summed E-state index contributed by atoms with van der Waals surface area (Å²) in [5, 5.41) is 8.77. The predicted molar refractivity (Wildman–Crippen MR) is 105 cm³/mol. The third kappa shape index (κ3) is 19.9. The zero-order valence-corrected chi connectivity index (χ0v) is 16.4. The minimum absolute atomic E-state index is 0.0129. The first-order chi connectivity index (χ1) is 11.8. The Labute approximate surface area is 151 Å². The molecule has 3 nitrogen and oxygen atoms in total. The van der Waals surface area contributed by atoms with Crippen LogP contribution < -0.4 is 5.73 Å². The number of ether oxygens (including phenoxy) is 1. The van der Waals surface area contributed by atoms with Crippen LogP contribution in [0.5, 0.6) is 0 Å². The second kappa shape index (κ2) is 20.9. The standard InChI is InChI=1S/C21H45NO2/c1-2-3-4-5-6-7-8-9-10-11-12-13-14-15-16-17-18-24-20-21(22)19-23/h21,23H,2-20,22H2,1H3/t21-/m0/s1. The van der Waals surface area contributed by atoms with Crippen LogP contribution in [0, 0.1) is 0 Å². The van der Waals surface area contributed by atoms with Gasteiger partial charge in [-0.1, -0.05) is 103 Å². The molecule has 0 saturated heterocycles. The lowest BCUT2D eigenvalue weighted by Gasteiger charge is -2.08. The maximum atomic E-state index is 8.77. The Morgan fingerprint density at radius 1 is 0.667 bits per heavy atom. The summed E-state index contributed by atoms with van der Waals surface area (Å²) in [6, 6.07) is -0.217. The number of rotatable bonds is 20. The number of hydrogen-bond acceptors (Lipinski definition) is 3. The molecule has 1 atom stereocenters. The average molecular weight is 344 g/mol. The highest BCUT2D eigenvalue weighted by atomic mass is 16.5. The molecule has 0 aromatic carbocycles. The van der Waals surface area contributed by atoms with Crippen LogP contribution in [-0.2, 0) is 4.74 Å². The minimum Gasteiger partial charge on any atom is -0.395 e. The van der Waals surface area contributed by atoms with Gasteiger partial charge in [-0.3, -0.25) is 0 Å². The minimum atomic E-state index is -0.217. The monoisotopic (exact) mass is 343 g/mol. The molecule has 146 valence electrons. The van der Waals surface area contributed by atoms with Crippen molar-refractivity contribution < 1.29 is 9.84 Å². The fourth-order valence-corrected chi connectivity index (χ4v) is 3.04. The molecule has 0 saturated carbocycles. The van der Waals surface area contributed by atoms with Crippen molar-refractivity contribution >= 4 is 0 Å². The average Bonchev–Trinajstić information content (AvgIpc) is 2.60. The molecular formula is C21H45NO2. The molecule has 3 heteroatoms. The summed E-state index contributed by atoms with van der Waals surface area (Å²) < 4.78 is 5.42. The maximum Gasteiger partial charge on any atom is 0.0639 e. The zero-order valence-electron chi connectivity index (χ0n) is 16.4. The fourth-order valence-electron chi connectivity index (χ4n) is 3.04. The Hall–Kier alpha value is -0.120. The highest BCUT2D eigenvalue weighted by Crippen LogP contribution is 2.13. The molecule has 0 heterocycles. The smallest absolute Gasteiger partial charge is 0.0639 e. The quantitative estimate of drug-likeness (QED) is 0.284. The van der Waals surface area contributed by atoms with E-state index in [2.05, 4.69) is 6.92 Å². The number of hydrogen-bond donors (Lipinski definition) is 2. The van der Waals surface area contributed by atoms with Gasteiger partial charge in [0.25, 0.3) is 0 Å². The van der Waals surface area contributed by atoms with Gasteiger partial charge in [0.2, 0.25) is 0 Å². The topological polar surface area (TPSA) is 55.5 Å². The summed E-state index contributed by atoms with van der Waals surface area (Å²) in [5.74, 6) is 0. The second-order valence-corrected chi connectivity index (χ2v) is 7.32. The zero-order chi connectivity index (χ0) is 17.7. The first-order valence-electron chi connectivity index (χ1n) is 10.8. The number of aliphatic hydroxyl groups excluding tert-OH is 1. The highest BCUT2D eigenvalue weighted by molar-refractivity contribution is 4.55. The van der Waals surface area contributed by atoms with E-state index in [1.54, 1.807) is 0 Å². The van der Waals surface area contributed by atoms with Crippen LogP contribution in [0.3, 0.4) is 0 Å². The van der Waals surface area contributed by atoms with E-state index in [-0.39, 0.29) is 12.6 Å². The van der Waals surface area contributed by atoms with Crippen molar-refractivity contribution in [2.75, 3.05) is 19.8 Å². The van der Waals surface area contributed by atoms with E-state index in [1.807, 2.05) is 0 Å². The largest absolute Gasteiger partial charge is 0.395 e. The molecule has 0 aromatic rings. The lowest BCUT2D eigenvalue weighted by molar-refractivity contribution is 0.0980. The predicted octanol–water partition coefficient (Wildman–Crippen LogP) is 5.58. The van der Waals surface area contributed by atoms with Crippen molar-refractivity contribution in [2.45, 2.75) is 116 Å². The lowest BCUT2D eigenvalue weighted by Crippen LogP contribution is -2.30. The molecule has 3 N–H and O–H groups in total. The van der Waals surface area contributed by atoms with E-state index in [1.165, 1.54) is 96.3 Å². The number of unbranched alkanes of at least 4 members (excludes halogenated alkanes) is 15. The molecule has 0 rings (SSSR count). The SMILES string of the molecule is CCCCCCCCCCCCCCCCCCOC[C@@H](N)CO. The van der Waals surface area contributed by atoms with Crippen molar-refractivity contribution in [1.29, 1.82) is 0 Å². The van der Waals surface area contributed by atoms with Crippen LogP contribution in [0.2, 0.25) is 0 Å². The first-order valence-corrected chi connectivity index (χ1v) is 10.8. The van der Waals surface area contributed by atoms with Gasteiger partial charge in [-0.2, -0.15) is 0 Å². The van der Waals surface area contributed by atoms with Crippen molar-refractivity contribution in [2.24, 2.45) is 5.73 Å². The van der Waals surface area contributed by atoms with E-state index in [0.29, 0.717) is 6.61 Å². The molecule has 0 bridgehead atoms. The number of nitrogens with two attached hydrogens (primary N) is 1. The molecule has 0 aliphatic heterocycles. The van der Waals surface area contributed by atoms with Crippen LogP contribution in [-0.4, -0.2) is 31.0 Å². The van der Waals surface area contributed by atoms with Crippen molar-refractivity contribution in [3.8, 4) is 0 Å². The van der Waals surface area contributed by atoms with Crippen LogP contribution >= 0.6 is 0 Å². The molecule has 0 unspecified atom stereocenters. The molecule has 0 fully saturated rings. The van der Waals surface area contributed by atoms with Crippen molar-refractivity contribution in [3.05, 3.63) is 0 Å². The summed E-state index contributed by atoms with van der Waals surface area (Å²) in [5.41, 5.74) is 5.57.